The van der Waals surface area contributed by atoms with E-state index in [0.29, 0.717) is 61.8 Å². The molecule has 2 aliphatic heterocycles. The number of nitrogens with zero attached hydrogens (tertiary/aromatic N) is 4. The van der Waals surface area contributed by atoms with Crippen LogP contribution in [0, 0.1) is 6.92 Å². The Morgan fingerprint density at radius 2 is 1.76 bits per heavy atom. The van der Waals surface area contributed by atoms with E-state index in [1.807, 2.05) is 34.6 Å². The number of anilines is 3. The Hall–Kier alpha value is -3.09. The zero-order chi connectivity index (χ0) is 32.9. The summed E-state index contributed by atoms with van der Waals surface area (Å²) in [5.74, 6) is 1.30. The van der Waals surface area contributed by atoms with Crippen LogP contribution in [0.15, 0.2) is 46.8 Å². The SMILES string of the molecule is CCOC(=O)C1=C(C)[I-]C=C(Nc2nc(NCc3ccc(S(N)(=O)=O)cc3)c(C)c(N3CCN(C(=O)OC(C)(C)C)CC3)n2)S1. The number of carbonyl (C=O) groups excluding carboxylic acids is 2. The molecule has 4 rings (SSSR count). The molecular formula is C29H39IN7O6S2-. The molecule has 2 aromatic rings. The van der Waals surface area contributed by atoms with Gasteiger partial charge in [0, 0.05) is 0 Å². The molecule has 0 spiro atoms. The zero-order valence-corrected chi connectivity index (χ0v) is 29.9. The van der Waals surface area contributed by atoms with Gasteiger partial charge in [-0.3, -0.25) is 0 Å². The van der Waals surface area contributed by atoms with Gasteiger partial charge in [0.1, 0.15) is 5.60 Å². The van der Waals surface area contributed by atoms with Gasteiger partial charge in [-0.25, -0.2) is 13.6 Å². The molecule has 13 nitrogen and oxygen atoms in total. The van der Waals surface area contributed by atoms with Crippen LogP contribution in [0.1, 0.15) is 45.7 Å². The summed E-state index contributed by atoms with van der Waals surface area (Å²) < 4.78 is 37.2. The van der Waals surface area contributed by atoms with Gasteiger partial charge in [-0.05, 0) is 20.8 Å². The van der Waals surface area contributed by atoms with Gasteiger partial charge in [0.05, 0.1) is 0 Å². The predicted octanol–water partition coefficient (Wildman–Crippen LogP) is 0.943. The molecule has 246 valence electrons. The van der Waals surface area contributed by atoms with E-state index in [4.69, 9.17) is 24.6 Å². The summed E-state index contributed by atoms with van der Waals surface area (Å²) in [6, 6.07) is 6.32. The number of amides is 1. The number of nitrogens with two attached hydrogens (primary N) is 1. The number of benzene rings is 1. The first-order valence-corrected chi connectivity index (χ1v) is 19.0. The molecule has 2 aliphatic rings. The molecule has 0 saturated carbocycles. The van der Waals surface area contributed by atoms with Gasteiger partial charge in [-0.1, -0.05) is 0 Å². The van der Waals surface area contributed by atoms with Crippen molar-refractivity contribution < 1.29 is 48.7 Å². The second-order valence-corrected chi connectivity index (χ2v) is 16.7. The molecule has 1 aromatic carbocycles. The fourth-order valence-corrected chi connectivity index (χ4v) is 8.30. The Morgan fingerprint density at radius 3 is 2.36 bits per heavy atom. The van der Waals surface area contributed by atoms with Crippen molar-refractivity contribution in [3.63, 3.8) is 0 Å². The number of thioether (sulfide) groups is 1. The maximum absolute atomic E-state index is 12.6. The summed E-state index contributed by atoms with van der Waals surface area (Å²) in [7, 11) is -3.79. The van der Waals surface area contributed by atoms with Crippen LogP contribution < -0.4 is 41.9 Å². The number of hydrogen-bond acceptors (Lipinski definition) is 12. The molecule has 0 radical (unpaired) electrons. The van der Waals surface area contributed by atoms with Crippen LogP contribution in [0.4, 0.5) is 22.4 Å². The Kier molecular flexibility index (Phi) is 11.2. The fourth-order valence-electron chi connectivity index (χ4n) is 4.38. The van der Waals surface area contributed by atoms with Crippen molar-refractivity contribution in [3.05, 3.63) is 53.0 Å². The summed E-state index contributed by atoms with van der Waals surface area (Å²) in [5, 5.41) is 12.7. The normalized spacial score (nSPS) is 16.0. The number of aromatic nitrogens is 2. The summed E-state index contributed by atoms with van der Waals surface area (Å²) in [5.41, 5.74) is 1.07. The Labute approximate surface area is 278 Å². The number of carbonyl (C=O) groups is 2. The van der Waals surface area contributed by atoms with E-state index in [1.54, 1.807) is 24.0 Å². The summed E-state index contributed by atoms with van der Waals surface area (Å²) in [6.07, 6.45) is -0.343. The van der Waals surface area contributed by atoms with Crippen LogP contribution in [0.25, 0.3) is 0 Å². The monoisotopic (exact) mass is 772 g/mol. The molecular weight excluding hydrogens is 733 g/mol. The fraction of sp³-hybridized carbons (Fsp3) is 0.448. The summed E-state index contributed by atoms with van der Waals surface area (Å²) in [6.45, 7) is 13.9. The van der Waals surface area contributed by atoms with Crippen LogP contribution >= 0.6 is 11.8 Å². The minimum atomic E-state index is -3.79. The van der Waals surface area contributed by atoms with Crippen molar-refractivity contribution in [3.8, 4) is 0 Å². The Bertz CT molecular complexity index is 1600. The van der Waals surface area contributed by atoms with Gasteiger partial charge >= 0.3 is 230 Å². The second-order valence-electron chi connectivity index (χ2n) is 11.2. The van der Waals surface area contributed by atoms with E-state index in [1.165, 1.54) is 23.9 Å². The number of primary sulfonamides is 1. The van der Waals surface area contributed by atoms with E-state index in [9.17, 15) is 18.0 Å². The number of ether oxygens (including phenoxy) is 2. The third-order valence-electron chi connectivity index (χ3n) is 6.60. The molecule has 0 atom stereocenters. The minimum absolute atomic E-state index is 0.0382. The van der Waals surface area contributed by atoms with Gasteiger partial charge in [0.15, 0.2) is 0 Å². The first-order chi connectivity index (χ1) is 21.1. The Balaban J connectivity index is 1.57. The number of sulfonamides is 1. The van der Waals surface area contributed by atoms with Crippen molar-refractivity contribution in [2.75, 3.05) is 48.3 Å². The van der Waals surface area contributed by atoms with Crippen molar-refractivity contribution in [2.45, 2.75) is 58.6 Å². The standard InChI is InChI=1S/C29H39IN7O6S2/c1-7-42-26(38)23-19(3)30-16-22(44-23)33-27-34-24(32-17-20-8-10-21(11-9-20)45(31,40)41)18(2)25(35-27)36-12-14-37(15-13-36)28(39)43-29(4,5)6/h8-11,16H,7,12-15,17H2,1-6H3,(H2,31,40,41)(H2,32,33,34,35)/q-1. The topological polar surface area (TPSA) is 169 Å². The molecule has 1 amide bonds. The molecule has 0 unspecified atom stereocenters. The molecule has 3 heterocycles. The zero-order valence-electron chi connectivity index (χ0n) is 26.1. The number of hydrogen-bond donors (Lipinski definition) is 3. The second kappa shape index (κ2) is 14.6. The van der Waals surface area contributed by atoms with Crippen molar-refractivity contribution in [1.82, 2.24) is 14.9 Å². The van der Waals surface area contributed by atoms with Crippen LogP contribution in [-0.4, -0.2) is 73.7 Å². The van der Waals surface area contributed by atoms with Crippen LogP contribution in [0.5, 0.6) is 0 Å². The molecule has 4 N–H and O–H groups in total. The quantitative estimate of drug-likeness (QED) is 0.244. The van der Waals surface area contributed by atoms with Gasteiger partial charge in [0.25, 0.3) is 0 Å². The molecule has 1 fully saturated rings. The van der Waals surface area contributed by atoms with Crippen molar-refractivity contribution in [1.29, 1.82) is 0 Å². The van der Waals surface area contributed by atoms with Gasteiger partial charge in [-0.2, -0.15) is 0 Å². The average molecular weight is 773 g/mol. The third-order valence-corrected chi connectivity index (χ3v) is 11.8. The molecule has 45 heavy (non-hydrogen) atoms. The Morgan fingerprint density at radius 1 is 1.09 bits per heavy atom. The van der Waals surface area contributed by atoms with E-state index in [2.05, 4.69) is 19.6 Å². The van der Waals surface area contributed by atoms with Crippen LogP contribution in [0.3, 0.4) is 0 Å². The molecule has 0 bridgehead atoms. The van der Waals surface area contributed by atoms with Crippen molar-refractivity contribution in [2.24, 2.45) is 5.14 Å². The number of halogens is 1. The first kappa shape index (κ1) is 34.8. The van der Waals surface area contributed by atoms with E-state index in [-0.39, 0.29) is 17.0 Å². The van der Waals surface area contributed by atoms with E-state index >= 15 is 0 Å². The number of nitrogens with one attached hydrogen (secondary N) is 2. The molecule has 0 aliphatic carbocycles. The number of allylic oxidation sites excluding steroid dienone is 1. The van der Waals surface area contributed by atoms with Gasteiger partial charge in [0.2, 0.25) is 10.0 Å². The average Bonchev–Trinajstić information content (AvgIpc) is 2.97. The van der Waals surface area contributed by atoms with E-state index in [0.717, 1.165) is 19.7 Å². The summed E-state index contributed by atoms with van der Waals surface area (Å²) in [4.78, 5) is 39.3. The van der Waals surface area contributed by atoms with Crippen LogP contribution in [-0.2, 0) is 30.8 Å². The molecule has 1 saturated heterocycles. The number of esters is 1. The van der Waals surface area contributed by atoms with Crippen molar-refractivity contribution >= 4 is 51.4 Å². The molecule has 1 aromatic heterocycles. The maximum atomic E-state index is 12.6. The van der Waals surface area contributed by atoms with E-state index < -0.39 is 36.8 Å². The van der Waals surface area contributed by atoms with Crippen LogP contribution in [0.2, 0.25) is 0 Å². The molecule has 16 heteroatoms. The number of piperazine rings is 1. The van der Waals surface area contributed by atoms with Gasteiger partial charge < -0.3 is 0 Å². The predicted molar refractivity (Wildman–Crippen MR) is 171 cm³/mol. The first-order valence-electron chi connectivity index (χ1n) is 14.3. The van der Waals surface area contributed by atoms with Gasteiger partial charge in [-0.15, -0.1) is 0 Å². The number of rotatable bonds is 9. The summed E-state index contributed by atoms with van der Waals surface area (Å²) >= 11 is 0.779. The third kappa shape index (κ3) is 9.46.